The van der Waals surface area contributed by atoms with Gasteiger partial charge in [0.15, 0.2) is 23.0 Å². The van der Waals surface area contributed by atoms with Crippen LogP contribution in [0.25, 0.3) is 11.5 Å². The summed E-state index contributed by atoms with van der Waals surface area (Å²) in [4.78, 5) is 16.9. The number of carbonyl (C=O) groups excluding carboxylic acids is 1. The van der Waals surface area contributed by atoms with Crippen LogP contribution in [0, 0.1) is 5.92 Å². The number of benzene rings is 1. The lowest BCUT2D eigenvalue weighted by molar-refractivity contribution is -0.0515. The van der Waals surface area contributed by atoms with Gasteiger partial charge in [-0.25, -0.2) is 4.98 Å². The molecule has 0 aliphatic heterocycles. The van der Waals surface area contributed by atoms with Crippen molar-refractivity contribution >= 4 is 36.4 Å². The number of ether oxygens (including phenoxy) is 2. The third-order valence-electron chi connectivity index (χ3n) is 4.62. The highest BCUT2D eigenvalue weighted by Crippen LogP contribution is 2.37. The number of aromatic nitrogens is 3. The Labute approximate surface area is 200 Å². The topological polar surface area (TPSA) is 128 Å². The molecular weight excluding hydrogens is 483 g/mol. The number of carbonyl (C=O) groups is 1. The quantitative estimate of drug-likeness (QED) is 0.388. The summed E-state index contributed by atoms with van der Waals surface area (Å²) in [5, 5.41) is 9.00. The van der Waals surface area contributed by atoms with Crippen molar-refractivity contribution in [3.63, 3.8) is 0 Å². The Kier molecular flexibility index (Phi) is 9.03. The van der Waals surface area contributed by atoms with Gasteiger partial charge in [-0.15, -0.1) is 24.8 Å². The average Bonchev–Trinajstić information content (AvgIpc) is 3.21. The number of hydrogen-bond acceptors (Lipinski definition) is 7. The van der Waals surface area contributed by atoms with E-state index in [1.54, 1.807) is 6.92 Å². The van der Waals surface area contributed by atoms with Crippen molar-refractivity contribution in [1.82, 2.24) is 15.2 Å². The van der Waals surface area contributed by atoms with Crippen LogP contribution in [0.15, 0.2) is 35.0 Å². The van der Waals surface area contributed by atoms with Crippen molar-refractivity contribution in [3.8, 4) is 23.0 Å². The van der Waals surface area contributed by atoms with E-state index < -0.39 is 18.6 Å². The molecule has 2 heterocycles. The number of rotatable bonds is 9. The number of nitrogens with two attached hydrogens (primary N) is 1. The zero-order valence-electron chi connectivity index (χ0n) is 17.4. The number of hydrogen-bond donors (Lipinski definition) is 3. The second-order valence-corrected chi connectivity index (χ2v) is 7.26. The minimum Gasteiger partial charge on any atom is -0.489 e. The highest BCUT2D eigenvalue weighted by atomic mass is 35.5. The Morgan fingerprint density at radius 1 is 1.33 bits per heavy atom. The number of aromatic amines is 1. The molecule has 1 saturated carbocycles. The van der Waals surface area contributed by atoms with Gasteiger partial charge in [-0.3, -0.25) is 9.89 Å². The van der Waals surface area contributed by atoms with Crippen LogP contribution in [-0.2, 0) is 0 Å². The molecule has 1 fully saturated rings. The number of anilines is 1. The summed E-state index contributed by atoms with van der Waals surface area (Å²) < 4.78 is 41.5. The Morgan fingerprint density at radius 2 is 2.09 bits per heavy atom. The number of oxazole rings is 1. The van der Waals surface area contributed by atoms with Gasteiger partial charge in [-0.05, 0) is 43.9 Å². The van der Waals surface area contributed by atoms with Crippen LogP contribution in [0.5, 0.6) is 11.5 Å². The molecule has 13 heteroatoms. The fraction of sp³-hybridized carbons (Fsp3) is 0.350. The first-order valence-corrected chi connectivity index (χ1v) is 9.69. The van der Waals surface area contributed by atoms with Gasteiger partial charge in [-0.2, -0.15) is 13.9 Å². The van der Waals surface area contributed by atoms with Crippen LogP contribution in [0.2, 0.25) is 0 Å². The zero-order chi connectivity index (χ0) is 22.0. The van der Waals surface area contributed by atoms with E-state index in [0.717, 1.165) is 12.8 Å². The standard InChI is InChI=1S/C20H21F2N5O4.2ClH/c1-10(23)17-16(18(28)26-13-7-24-25-8-13)27-19(31-17)12-4-5-14(30-20(21)22)15(6-12)29-9-11-2-3-11;;/h4-8,10-11,20H,2-3,9,23H2,1H3,(H,24,25)(H,26,28);2*1H. The van der Waals surface area contributed by atoms with Gasteiger partial charge in [-0.1, -0.05) is 0 Å². The number of halogens is 4. The van der Waals surface area contributed by atoms with Gasteiger partial charge in [0.2, 0.25) is 5.89 Å². The van der Waals surface area contributed by atoms with E-state index in [-0.39, 0.29) is 53.7 Å². The molecule has 4 N–H and O–H groups in total. The fourth-order valence-corrected chi connectivity index (χ4v) is 2.88. The molecule has 9 nitrogen and oxygen atoms in total. The van der Waals surface area contributed by atoms with Gasteiger partial charge in [0.25, 0.3) is 5.91 Å². The van der Waals surface area contributed by atoms with E-state index in [4.69, 9.17) is 14.9 Å². The predicted octanol–water partition coefficient (Wildman–Crippen LogP) is 4.57. The van der Waals surface area contributed by atoms with Crippen molar-refractivity contribution in [2.75, 3.05) is 11.9 Å². The van der Waals surface area contributed by atoms with E-state index in [1.165, 1.54) is 30.6 Å². The van der Waals surface area contributed by atoms with Crippen LogP contribution in [0.3, 0.4) is 0 Å². The first-order valence-electron chi connectivity index (χ1n) is 9.69. The summed E-state index contributed by atoms with van der Waals surface area (Å²) in [5.74, 6) is 0.235. The molecule has 1 atom stereocenters. The highest BCUT2D eigenvalue weighted by Gasteiger charge is 2.26. The maximum atomic E-state index is 12.8. The normalized spacial score (nSPS) is 13.6. The number of H-pyrrole nitrogens is 1. The van der Waals surface area contributed by atoms with Gasteiger partial charge in [0, 0.05) is 11.8 Å². The molecule has 0 bridgehead atoms. The van der Waals surface area contributed by atoms with Crippen LogP contribution in [-0.4, -0.2) is 34.3 Å². The van der Waals surface area contributed by atoms with E-state index in [2.05, 4.69) is 25.2 Å². The van der Waals surface area contributed by atoms with Gasteiger partial charge in [0.05, 0.1) is 24.5 Å². The third kappa shape index (κ3) is 6.56. The van der Waals surface area contributed by atoms with E-state index in [9.17, 15) is 13.6 Å². The minimum atomic E-state index is -2.99. The molecule has 1 aliphatic carbocycles. The SMILES string of the molecule is CC(N)c1oc(-c2ccc(OC(F)F)c(OCC3CC3)c2)nc1C(=O)Nc1cn[nH]c1.Cl.Cl. The molecule has 0 spiro atoms. The van der Waals surface area contributed by atoms with Crippen molar-refractivity contribution in [1.29, 1.82) is 0 Å². The molecule has 4 rings (SSSR count). The Bertz CT molecular complexity index is 1060. The second-order valence-electron chi connectivity index (χ2n) is 7.26. The van der Waals surface area contributed by atoms with Gasteiger partial charge in [0.1, 0.15) is 0 Å². The Hall–Kier alpha value is -2.89. The monoisotopic (exact) mass is 505 g/mol. The highest BCUT2D eigenvalue weighted by molar-refractivity contribution is 6.03. The predicted molar refractivity (Wildman–Crippen MR) is 120 cm³/mol. The maximum absolute atomic E-state index is 12.8. The number of alkyl halides is 2. The second kappa shape index (κ2) is 11.3. The van der Waals surface area contributed by atoms with E-state index in [1.807, 2.05) is 0 Å². The maximum Gasteiger partial charge on any atom is 0.387 e. The molecule has 2 aromatic heterocycles. The third-order valence-corrected chi connectivity index (χ3v) is 4.62. The van der Waals surface area contributed by atoms with Crippen molar-refractivity contribution in [3.05, 3.63) is 42.0 Å². The molecule has 0 radical (unpaired) electrons. The number of nitrogens with one attached hydrogen (secondary N) is 2. The van der Waals surface area contributed by atoms with Crippen molar-refractivity contribution in [2.45, 2.75) is 32.4 Å². The minimum absolute atomic E-state index is 0. The van der Waals surface area contributed by atoms with Crippen molar-refractivity contribution < 1.29 is 27.5 Å². The lowest BCUT2D eigenvalue weighted by atomic mass is 10.2. The summed E-state index contributed by atoms with van der Waals surface area (Å²) in [7, 11) is 0. The molecule has 1 aliphatic rings. The summed E-state index contributed by atoms with van der Waals surface area (Å²) in [5.41, 5.74) is 6.85. The van der Waals surface area contributed by atoms with Crippen LogP contribution in [0.4, 0.5) is 14.5 Å². The summed E-state index contributed by atoms with van der Waals surface area (Å²) in [6.45, 7) is -0.931. The molecule has 3 aromatic rings. The van der Waals surface area contributed by atoms with E-state index in [0.29, 0.717) is 23.8 Å². The van der Waals surface area contributed by atoms with Crippen LogP contribution < -0.4 is 20.5 Å². The first-order chi connectivity index (χ1) is 14.9. The summed E-state index contributed by atoms with van der Waals surface area (Å²) in [6.07, 6.45) is 5.03. The molecule has 180 valence electrons. The van der Waals surface area contributed by atoms with Gasteiger partial charge < -0.3 is 24.9 Å². The average molecular weight is 506 g/mol. The Balaban J connectivity index is 0.00000193. The van der Waals surface area contributed by atoms with Crippen LogP contribution in [0.1, 0.15) is 42.1 Å². The van der Waals surface area contributed by atoms with E-state index >= 15 is 0 Å². The number of nitrogens with zero attached hydrogens (tertiary/aromatic N) is 2. The zero-order valence-corrected chi connectivity index (χ0v) is 19.1. The molecule has 33 heavy (non-hydrogen) atoms. The van der Waals surface area contributed by atoms with Crippen molar-refractivity contribution in [2.24, 2.45) is 11.7 Å². The lowest BCUT2D eigenvalue weighted by Crippen LogP contribution is -2.17. The molecule has 0 saturated heterocycles. The number of amides is 1. The molecule has 1 aromatic carbocycles. The molecular formula is C20H23Cl2F2N5O4. The summed E-state index contributed by atoms with van der Waals surface area (Å²) >= 11 is 0. The molecule has 1 unspecified atom stereocenters. The Morgan fingerprint density at radius 3 is 2.70 bits per heavy atom. The smallest absolute Gasteiger partial charge is 0.387 e. The fourth-order valence-electron chi connectivity index (χ4n) is 2.88. The summed E-state index contributed by atoms with van der Waals surface area (Å²) in [6, 6.07) is 3.73. The van der Waals surface area contributed by atoms with Gasteiger partial charge >= 0.3 is 6.61 Å². The van der Waals surface area contributed by atoms with Crippen LogP contribution >= 0.6 is 24.8 Å². The lowest BCUT2D eigenvalue weighted by Gasteiger charge is -2.12. The first kappa shape index (κ1) is 26.4. The molecule has 1 amide bonds. The largest absolute Gasteiger partial charge is 0.489 e.